The van der Waals surface area contributed by atoms with E-state index < -0.39 is 0 Å². The lowest BCUT2D eigenvalue weighted by Gasteiger charge is -2.05. The number of benzene rings is 2. The minimum atomic E-state index is 0.0167. The third-order valence-electron chi connectivity index (χ3n) is 3.72. The van der Waals surface area contributed by atoms with Crippen molar-refractivity contribution in [2.24, 2.45) is 0 Å². The quantitative estimate of drug-likeness (QED) is 0.109. The van der Waals surface area contributed by atoms with Crippen LogP contribution < -0.4 is 0 Å². The molecule has 0 aliphatic carbocycles. The predicted octanol–water partition coefficient (Wildman–Crippen LogP) is 8.34. The monoisotopic (exact) mass is 538 g/mol. The number of hydrogen-bond donors (Lipinski definition) is 0. The zero-order valence-corrected chi connectivity index (χ0v) is 23.0. The summed E-state index contributed by atoms with van der Waals surface area (Å²) in [6.07, 6.45) is 0. The Bertz CT molecular complexity index is 845. The van der Waals surface area contributed by atoms with Crippen LogP contribution in [0.5, 0.6) is 0 Å². The summed E-state index contributed by atoms with van der Waals surface area (Å²) in [6, 6.07) is 16.3. The Kier molecular flexibility index (Phi) is 13.2. The van der Waals surface area contributed by atoms with Gasteiger partial charge < -0.3 is 0 Å². The van der Waals surface area contributed by atoms with E-state index in [9.17, 15) is 9.59 Å². The molecule has 2 aromatic rings. The molecule has 170 valence electrons. The van der Waals surface area contributed by atoms with Crippen molar-refractivity contribution in [3.63, 3.8) is 0 Å². The summed E-state index contributed by atoms with van der Waals surface area (Å²) in [5.74, 6) is 4.30. The highest BCUT2D eigenvalue weighted by molar-refractivity contribution is 8.76. The largest absolute Gasteiger partial charge is 0.282 e. The van der Waals surface area contributed by atoms with Crippen molar-refractivity contribution in [3.05, 3.63) is 72.8 Å². The van der Waals surface area contributed by atoms with Crippen LogP contribution in [0, 0.1) is 0 Å². The molecule has 0 amide bonds. The van der Waals surface area contributed by atoms with Gasteiger partial charge in [0, 0.05) is 42.6 Å². The summed E-state index contributed by atoms with van der Waals surface area (Å²) in [5, 5.41) is 0.0335. The molecular formula is C24H26O2S6. The van der Waals surface area contributed by atoms with E-state index in [0.717, 1.165) is 32.8 Å². The molecule has 32 heavy (non-hydrogen) atoms. The van der Waals surface area contributed by atoms with Crippen molar-refractivity contribution >= 4 is 78.9 Å². The van der Waals surface area contributed by atoms with Gasteiger partial charge in [-0.15, -0.1) is 23.5 Å². The van der Waals surface area contributed by atoms with Gasteiger partial charge in [-0.25, -0.2) is 0 Å². The summed E-state index contributed by atoms with van der Waals surface area (Å²) in [4.78, 5) is 27.8. The van der Waals surface area contributed by atoms with Crippen LogP contribution in [0.1, 0.15) is 13.8 Å². The third kappa shape index (κ3) is 11.0. The average Bonchev–Trinajstić information content (AvgIpc) is 2.77. The molecule has 0 fully saturated rings. The van der Waals surface area contributed by atoms with E-state index >= 15 is 0 Å². The van der Waals surface area contributed by atoms with Crippen LogP contribution in [0.3, 0.4) is 0 Å². The number of carbonyl (C=O) groups excluding carboxylic acids is 2. The van der Waals surface area contributed by atoms with Gasteiger partial charge in [-0.2, -0.15) is 0 Å². The van der Waals surface area contributed by atoms with Crippen molar-refractivity contribution in [3.8, 4) is 0 Å². The molecule has 2 nitrogen and oxygen atoms in total. The van der Waals surface area contributed by atoms with E-state index in [0.29, 0.717) is 11.1 Å². The first-order chi connectivity index (χ1) is 15.3. The first-order valence-corrected chi connectivity index (χ1v) is 15.9. The van der Waals surface area contributed by atoms with Crippen LogP contribution in [0.15, 0.2) is 92.4 Å². The van der Waals surface area contributed by atoms with Crippen molar-refractivity contribution in [1.29, 1.82) is 0 Å². The molecule has 0 aliphatic heterocycles. The van der Waals surface area contributed by atoms with Gasteiger partial charge in [-0.05, 0) is 97.0 Å². The molecule has 0 spiro atoms. The molecule has 0 N–H and O–H groups in total. The molecule has 0 saturated carbocycles. The summed E-state index contributed by atoms with van der Waals surface area (Å²) in [5.41, 5.74) is 1.15. The lowest BCUT2D eigenvalue weighted by atomic mass is 10.4. The Hall–Kier alpha value is -0.640. The van der Waals surface area contributed by atoms with E-state index in [-0.39, 0.29) is 10.2 Å². The molecule has 0 atom stereocenters. The maximum atomic E-state index is 11.7. The Labute approximate surface area is 216 Å². The van der Waals surface area contributed by atoms with Gasteiger partial charge in [0.2, 0.25) is 10.2 Å². The molecule has 8 heteroatoms. The van der Waals surface area contributed by atoms with Gasteiger partial charge in [0.1, 0.15) is 0 Å². The zero-order chi connectivity index (χ0) is 23.3. The van der Waals surface area contributed by atoms with Gasteiger partial charge in [0.25, 0.3) is 0 Å². The molecule has 0 heterocycles. The first-order valence-electron chi connectivity index (χ1n) is 9.80. The summed E-state index contributed by atoms with van der Waals surface area (Å²) >= 11 is 6.13. The fourth-order valence-electron chi connectivity index (χ4n) is 2.10. The second kappa shape index (κ2) is 15.3. The Balaban J connectivity index is 1.54. The van der Waals surface area contributed by atoms with Crippen LogP contribution >= 0.6 is 68.6 Å². The van der Waals surface area contributed by atoms with Crippen LogP contribution in [0.2, 0.25) is 0 Å². The predicted molar refractivity (Wildman–Crippen MR) is 151 cm³/mol. The molecule has 0 unspecified atom stereocenters. The number of hydrogen-bond acceptors (Lipinski definition) is 8. The third-order valence-corrected chi connectivity index (χ3v) is 10.8. The molecule has 0 aliphatic rings. The van der Waals surface area contributed by atoms with Crippen molar-refractivity contribution in [1.82, 2.24) is 0 Å². The molecule has 0 saturated heterocycles. The standard InChI is InChI=1S/C24H26O2S6/c1-17(2)23(25)31-21-9-5-19(6-10-21)27-13-15-29-30-16-14-28-20-7-11-22(12-8-20)32-24(26)18(3)4/h5-12H,1,3,13-16H2,2,4H3. The molecule has 2 rings (SSSR count). The van der Waals surface area contributed by atoms with Crippen LogP contribution in [-0.2, 0) is 9.59 Å². The Morgan fingerprint density at radius 2 is 0.906 bits per heavy atom. The normalized spacial score (nSPS) is 10.7. The minimum Gasteiger partial charge on any atom is -0.282 e. The van der Waals surface area contributed by atoms with E-state index in [2.05, 4.69) is 37.4 Å². The van der Waals surface area contributed by atoms with Crippen LogP contribution in [0.4, 0.5) is 0 Å². The molecule has 0 bridgehead atoms. The number of thioether (sulfide) groups is 4. The Morgan fingerprint density at radius 3 is 1.22 bits per heavy atom. The summed E-state index contributed by atoms with van der Waals surface area (Å²) < 4.78 is 0. The number of rotatable bonds is 13. The zero-order valence-electron chi connectivity index (χ0n) is 18.1. The topological polar surface area (TPSA) is 34.1 Å². The molecular weight excluding hydrogens is 513 g/mol. The van der Waals surface area contributed by atoms with E-state index in [1.165, 1.54) is 33.3 Å². The van der Waals surface area contributed by atoms with Crippen molar-refractivity contribution < 1.29 is 9.59 Å². The van der Waals surface area contributed by atoms with Crippen molar-refractivity contribution in [2.75, 3.05) is 23.0 Å². The number of carbonyl (C=O) groups is 2. The van der Waals surface area contributed by atoms with Crippen molar-refractivity contribution in [2.45, 2.75) is 33.4 Å². The first kappa shape index (κ1) is 27.6. The van der Waals surface area contributed by atoms with E-state index in [1.807, 2.05) is 69.4 Å². The average molecular weight is 539 g/mol. The fourth-order valence-corrected chi connectivity index (χ4v) is 7.93. The molecule has 2 aromatic carbocycles. The maximum absolute atomic E-state index is 11.7. The lowest BCUT2D eigenvalue weighted by molar-refractivity contribution is -0.108. The van der Waals surface area contributed by atoms with Gasteiger partial charge in [0.05, 0.1) is 0 Å². The highest BCUT2D eigenvalue weighted by Gasteiger charge is 2.06. The smallest absolute Gasteiger partial charge is 0.219 e. The van der Waals surface area contributed by atoms with Gasteiger partial charge in [-0.1, -0.05) is 34.7 Å². The van der Waals surface area contributed by atoms with E-state index in [4.69, 9.17) is 0 Å². The second-order valence-electron chi connectivity index (χ2n) is 6.62. The van der Waals surface area contributed by atoms with Gasteiger partial charge in [-0.3, -0.25) is 9.59 Å². The fraction of sp³-hybridized carbons (Fsp3) is 0.250. The SMILES string of the molecule is C=C(C)C(=O)Sc1ccc(SCCSSCCSc2ccc(SC(=O)C(=C)C)cc2)cc1. The molecule has 0 radical (unpaired) electrons. The minimum absolute atomic E-state index is 0.0167. The van der Waals surface area contributed by atoms with Crippen LogP contribution in [0.25, 0.3) is 0 Å². The van der Waals surface area contributed by atoms with Gasteiger partial charge >= 0.3 is 0 Å². The summed E-state index contributed by atoms with van der Waals surface area (Å²) in [6.45, 7) is 10.8. The van der Waals surface area contributed by atoms with Crippen LogP contribution in [-0.4, -0.2) is 33.2 Å². The lowest BCUT2D eigenvalue weighted by Crippen LogP contribution is -1.91. The van der Waals surface area contributed by atoms with E-state index in [1.54, 1.807) is 13.8 Å². The maximum Gasteiger partial charge on any atom is 0.219 e. The highest BCUT2D eigenvalue weighted by Crippen LogP contribution is 2.30. The summed E-state index contributed by atoms with van der Waals surface area (Å²) in [7, 11) is 3.82. The molecule has 0 aromatic heterocycles. The second-order valence-corrected chi connectivity index (χ2v) is 13.8. The Morgan fingerprint density at radius 1 is 0.594 bits per heavy atom. The van der Waals surface area contributed by atoms with Gasteiger partial charge in [0.15, 0.2) is 0 Å². The highest BCUT2D eigenvalue weighted by atomic mass is 33.1.